The van der Waals surface area contributed by atoms with Gasteiger partial charge in [-0.1, -0.05) is 12.1 Å². The smallest absolute Gasteiger partial charge is 0.119 e. The van der Waals surface area contributed by atoms with Crippen molar-refractivity contribution >= 4 is 0 Å². The molecule has 6 heteroatoms. The van der Waals surface area contributed by atoms with E-state index in [1.807, 2.05) is 19.1 Å². The molecular weight excluding hydrogens is 308 g/mol. The third-order valence-corrected chi connectivity index (χ3v) is 4.88. The minimum absolute atomic E-state index is 0.0959. The summed E-state index contributed by atoms with van der Waals surface area (Å²) in [7, 11) is 0. The minimum Gasteiger partial charge on any atom is -0.494 e. The van der Waals surface area contributed by atoms with Crippen LogP contribution in [-0.2, 0) is 11.3 Å². The molecule has 2 N–H and O–H groups in total. The lowest BCUT2D eigenvalue weighted by Gasteiger charge is -2.43. The number of hydrogen-bond donors (Lipinski definition) is 2. The average molecular weight is 336 g/mol. The molecule has 2 heterocycles. The van der Waals surface area contributed by atoms with E-state index >= 15 is 0 Å². The molecule has 2 fully saturated rings. The Morgan fingerprint density at radius 3 is 2.46 bits per heavy atom. The monoisotopic (exact) mass is 336 g/mol. The summed E-state index contributed by atoms with van der Waals surface area (Å²) in [5.74, 6) is 0.913. The number of hydrogen-bond acceptors (Lipinski definition) is 6. The van der Waals surface area contributed by atoms with E-state index in [1.165, 1.54) is 5.56 Å². The Balaban J connectivity index is 1.48. The van der Waals surface area contributed by atoms with Gasteiger partial charge in [0.15, 0.2) is 0 Å². The first kappa shape index (κ1) is 17.6. The zero-order valence-corrected chi connectivity index (χ0v) is 14.3. The summed E-state index contributed by atoms with van der Waals surface area (Å²) >= 11 is 0. The normalized spacial score (nSPS) is 29.5. The average Bonchev–Trinajstić information content (AvgIpc) is 2.60. The Hall–Kier alpha value is -1.18. The van der Waals surface area contributed by atoms with Crippen LogP contribution < -0.4 is 4.74 Å². The van der Waals surface area contributed by atoms with Crippen LogP contribution in [0, 0.1) is 0 Å². The van der Waals surface area contributed by atoms with Crippen LogP contribution in [0.3, 0.4) is 0 Å². The van der Waals surface area contributed by atoms with Crippen LogP contribution in [0.25, 0.3) is 0 Å². The third-order valence-electron chi connectivity index (χ3n) is 4.88. The molecule has 2 aliphatic rings. The van der Waals surface area contributed by atoms with Gasteiger partial charge in [-0.25, -0.2) is 0 Å². The molecule has 0 aliphatic carbocycles. The zero-order valence-electron chi connectivity index (χ0n) is 14.3. The van der Waals surface area contributed by atoms with Gasteiger partial charge >= 0.3 is 0 Å². The van der Waals surface area contributed by atoms with Crippen LogP contribution in [0.4, 0.5) is 0 Å². The number of piperazine rings is 1. The molecule has 0 bridgehead atoms. The van der Waals surface area contributed by atoms with Crippen molar-refractivity contribution in [2.24, 2.45) is 0 Å². The Morgan fingerprint density at radius 2 is 1.79 bits per heavy atom. The molecule has 24 heavy (non-hydrogen) atoms. The first-order chi connectivity index (χ1) is 11.7. The van der Waals surface area contributed by atoms with Crippen molar-refractivity contribution in [1.29, 1.82) is 0 Å². The number of rotatable bonds is 5. The molecule has 0 radical (unpaired) electrons. The second-order valence-electron chi connectivity index (χ2n) is 6.55. The van der Waals surface area contributed by atoms with Crippen molar-refractivity contribution in [3.8, 4) is 5.75 Å². The molecule has 2 saturated heterocycles. The first-order valence-corrected chi connectivity index (χ1v) is 8.79. The van der Waals surface area contributed by atoms with Crippen LogP contribution in [0.5, 0.6) is 5.75 Å². The van der Waals surface area contributed by atoms with E-state index in [4.69, 9.17) is 9.47 Å². The molecule has 134 valence electrons. The number of aliphatic hydroxyl groups excluding tert-OH is 2. The van der Waals surface area contributed by atoms with Crippen molar-refractivity contribution < 1.29 is 19.7 Å². The van der Waals surface area contributed by atoms with Crippen LogP contribution >= 0.6 is 0 Å². The Labute approximate surface area is 143 Å². The van der Waals surface area contributed by atoms with Gasteiger partial charge in [-0.15, -0.1) is 0 Å². The van der Waals surface area contributed by atoms with Crippen LogP contribution in [-0.4, -0.2) is 84.3 Å². The largest absolute Gasteiger partial charge is 0.494 e. The van der Waals surface area contributed by atoms with E-state index in [0.29, 0.717) is 13.2 Å². The molecule has 3 atom stereocenters. The fraction of sp³-hybridized carbons (Fsp3) is 0.667. The predicted molar refractivity (Wildman–Crippen MR) is 91.1 cm³/mol. The van der Waals surface area contributed by atoms with Crippen molar-refractivity contribution in [3.05, 3.63) is 29.8 Å². The number of ether oxygens (including phenoxy) is 2. The molecule has 0 spiro atoms. The SMILES string of the molecule is CCOc1ccc(CN2CCN([C@@H]3COC[C@@H](O)[C@H]3O)CC2)cc1. The molecule has 6 nitrogen and oxygen atoms in total. The summed E-state index contributed by atoms with van der Waals surface area (Å²) in [6.07, 6.45) is -1.48. The Bertz CT molecular complexity index is 502. The van der Waals surface area contributed by atoms with Gasteiger partial charge in [0.05, 0.1) is 32.0 Å². The predicted octanol–water partition coefficient (Wildman–Crippen LogP) is 0.324. The Kier molecular flexibility index (Phi) is 6.08. The summed E-state index contributed by atoms with van der Waals surface area (Å²) in [5, 5.41) is 19.9. The summed E-state index contributed by atoms with van der Waals surface area (Å²) in [5.41, 5.74) is 1.28. The molecule has 3 rings (SSSR count). The molecule has 1 aromatic rings. The molecule has 1 aromatic carbocycles. The molecule has 0 aromatic heterocycles. The fourth-order valence-corrected chi connectivity index (χ4v) is 3.45. The highest BCUT2D eigenvalue weighted by Gasteiger charge is 2.36. The van der Waals surface area contributed by atoms with Crippen molar-refractivity contribution in [2.75, 3.05) is 46.0 Å². The Morgan fingerprint density at radius 1 is 1.08 bits per heavy atom. The summed E-state index contributed by atoms with van der Waals surface area (Å²) in [6.45, 7) is 8.00. The molecular formula is C18H28N2O4. The molecule has 2 aliphatic heterocycles. The van der Waals surface area contributed by atoms with Crippen molar-refractivity contribution in [3.63, 3.8) is 0 Å². The fourth-order valence-electron chi connectivity index (χ4n) is 3.45. The molecule has 0 amide bonds. The summed E-state index contributed by atoms with van der Waals surface area (Å²) in [4.78, 5) is 4.65. The topological polar surface area (TPSA) is 65.4 Å². The highest BCUT2D eigenvalue weighted by molar-refractivity contribution is 5.27. The van der Waals surface area contributed by atoms with Crippen LogP contribution in [0.1, 0.15) is 12.5 Å². The van der Waals surface area contributed by atoms with E-state index in [-0.39, 0.29) is 12.6 Å². The van der Waals surface area contributed by atoms with E-state index < -0.39 is 12.2 Å². The maximum Gasteiger partial charge on any atom is 0.119 e. The second-order valence-corrected chi connectivity index (χ2v) is 6.55. The van der Waals surface area contributed by atoms with Gasteiger partial charge in [0.1, 0.15) is 11.9 Å². The maximum atomic E-state index is 10.2. The van der Waals surface area contributed by atoms with E-state index in [2.05, 4.69) is 21.9 Å². The van der Waals surface area contributed by atoms with Gasteiger partial charge < -0.3 is 19.7 Å². The standard InChI is InChI=1S/C18H28N2O4/c1-2-24-15-5-3-14(4-6-15)11-19-7-9-20(10-8-19)16-12-23-13-17(21)18(16)22/h3-6,16-18,21-22H,2,7-13H2,1H3/t16-,17-,18+/m1/s1. The highest BCUT2D eigenvalue weighted by atomic mass is 16.5. The summed E-state index contributed by atoms with van der Waals surface area (Å²) in [6, 6.07) is 8.18. The third kappa shape index (κ3) is 4.26. The van der Waals surface area contributed by atoms with E-state index in [1.54, 1.807) is 0 Å². The van der Waals surface area contributed by atoms with E-state index in [0.717, 1.165) is 38.5 Å². The molecule has 0 saturated carbocycles. The van der Waals surface area contributed by atoms with Gasteiger partial charge in [-0.3, -0.25) is 9.80 Å². The summed E-state index contributed by atoms with van der Waals surface area (Å²) < 4.78 is 10.9. The highest BCUT2D eigenvalue weighted by Crippen LogP contribution is 2.19. The number of benzene rings is 1. The van der Waals surface area contributed by atoms with Crippen LogP contribution in [0.15, 0.2) is 24.3 Å². The van der Waals surface area contributed by atoms with Gasteiger partial charge in [-0.2, -0.15) is 0 Å². The van der Waals surface area contributed by atoms with Gasteiger partial charge in [-0.05, 0) is 24.6 Å². The van der Waals surface area contributed by atoms with Crippen molar-refractivity contribution in [2.45, 2.75) is 31.7 Å². The van der Waals surface area contributed by atoms with Gasteiger partial charge in [0, 0.05) is 32.7 Å². The van der Waals surface area contributed by atoms with Gasteiger partial charge in [0.2, 0.25) is 0 Å². The lowest BCUT2D eigenvalue weighted by Crippen LogP contribution is -2.60. The quantitative estimate of drug-likeness (QED) is 0.808. The first-order valence-electron chi connectivity index (χ1n) is 8.79. The lowest BCUT2D eigenvalue weighted by molar-refractivity contribution is -0.137. The van der Waals surface area contributed by atoms with E-state index in [9.17, 15) is 10.2 Å². The van der Waals surface area contributed by atoms with Crippen LogP contribution in [0.2, 0.25) is 0 Å². The number of nitrogens with zero attached hydrogens (tertiary/aromatic N) is 2. The molecule has 0 unspecified atom stereocenters. The minimum atomic E-state index is -0.773. The second kappa shape index (κ2) is 8.27. The lowest BCUT2D eigenvalue weighted by atomic mass is 10.0. The van der Waals surface area contributed by atoms with Crippen molar-refractivity contribution in [1.82, 2.24) is 9.80 Å². The number of aliphatic hydroxyl groups is 2. The zero-order chi connectivity index (χ0) is 16.9. The maximum absolute atomic E-state index is 10.2. The van der Waals surface area contributed by atoms with Gasteiger partial charge in [0.25, 0.3) is 0 Å².